The number of sulfone groups is 2. The molecule has 0 aromatic rings. The van der Waals surface area contributed by atoms with Crippen LogP contribution in [0.25, 0.3) is 0 Å². The summed E-state index contributed by atoms with van der Waals surface area (Å²) >= 11 is 0. The Bertz CT molecular complexity index is 579. The lowest BCUT2D eigenvalue weighted by Crippen LogP contribution is -2.35. The minimum Gasteiger partial charge on any atom is -0.461 e. The van der Waals surface area contributed by atoms with Gasteiger partial charge in [0.15, 0.2) is 24.8 Å². The van der Waals surface area contributed by atoms with Crippen LogP contribution in [0.1, 0.15) is 6.92 Å². The number of ether oxygens (including phenoxy) is 1. The van der Waals surface area contributed by atoms with Crippen LogP contribution in [-0.4, -0.2) is 52.4 Å². The van der Waals surface area contributed by atoms with Crippen molar-refractivity contribution in [1.29, 1.82) is 0 Å². The van der Waals surface area contributed by atoms with E-state index in [2.05, 4.69) is 4.74 Å². The van der Waals surface area contributed by atoms with E-state index in [0.29, 0.717) is 0 Å². The van der Waals surface area contributed by atoms with Crippen LogP contribution in [-0.2, 0) is 34.0 Å². The van der Waals surface area contributed by atoms with Crippen LogP contribution in [0.15, 0.2) is 11.3 Å². The molecule has 1 aliphatic rings. The summed E-state index contributed by atoms with van der Waals surface area (Å²) in [4.78, 5) is 22.0. The Hall–Kier alpha value is -1.42. The first-order valence-corrected chi connectivity index (χ1v) is 8.85. The number of hydrogen-bond donors (Lipinski definition) is 1. The highest BCUT2D eigenvalue weighted by molar-refractivity contribution is 8.08. The van der Waals surface area contributed by atoms with E-state index in [9.17, 15) is 26.4 Å². The van der Waals surface area contributed by atoms with Gasteiger partial charge in [-0.05, 0) is 12.5 Å². The van der Waals surface area contributed by atoms with Crippen molar-refractivity contribution in [2.75, 3.05) is 23.2 Å². The molecule has 10 heteroatoms. The average molecular weight is 311 g/mol. The van der Waals surface area contributed by atoms with Crippen LogP contribution in [0.2, 0.25) is 0 Å². The third kappa shape index (κ3) is 4.31. The smallest absolute Gasteiger partial charge is 0.354 e. The normalized spacial score (nSPS) is 20.4. The van der Waals surface area contributed by atoms with Crippen LogP contribution in [0.4, 0.5) is 0 Å². The molecule has 1 fully saturated rings. The highest BCUT2D eigenvalue weighted by atomic mass is 32.3. The van der Waals surface area contributed by atoms with Crippen molar-refractivity contribution < 1.29 is 31.2 Å². The van der Waals surface area contributed by atoms with E-state index in [1.54, 1.807) is 0 Å². The number of nitrogens with one attached hydrogen (secondary N) is 1. The standard InChI is InChI=1S/C9H13NO7S2/c1-2-17-9(12)8(10-5-11)7-3-18(13,14)6-19(15,16)4-7/h5H,2-4,6H2,1H3,(H,10,11). The lowest BCUT2D eigenvalue weighted by atomic mass is 10.2. The highest BCUT2D eigenvalue weighted by Gasteiger charge is 2.34. The van der Waals surface area contributed by atoms with Crippen molar-refractivity contribution in [2.45, 2.75) is 6.92 Å². The lowest BCUT2D eigenvalue weighted by molar-refractivity contribution is -0.139. The zero-order valence-corrected chi connectivity index (χ0v) is 11.7. The van der Waals surface area contributed by atoms with Gasteiger partial charge in [0, 0.05) is 0 Å². The first-order chi connectivity index (χ1) is 8.71. The molecule has 0 saturated carbocycles. The monoisotopic (exact) mass is 311 g/mol. The zero-order valence-electron chi connectivity index (χ0n) is 10.1. The minimum atomic E-state index is -3.86. The maximum absolute atomic E-state index is 11.6. The van der Waals surface area contributed by atoms with Gasteiger partial charge in [0.1, 0.15) is 5.70 Å². The molecule has 0 spiro atoms. The maximum Gasteiger partial charge on any atom is 0.354 e. The van der Waals surface area contributed by atoms with E-state index in [4.69, 9.17) is 0 Å². The van der Waals surface area contributed by atoms with E-state index in [1.807, 2.05) is 5.32 Å². The number of esters is 1. The molecule has 1 amide bonds. The SMILES string of the molecule is CCOC(=O)C(NC=O)=C1CS(=O)(=O)CS(=O)(=O)C1. The second-order valence-electron chi connectivity index (χ2n) is 3.85. The molecule has 1 saturated heterocycles. The van der Waals surface area contributed by atoms with Crippen molar-refractivity contribution in [3.05, 3.63) is 11.3 Å². The Balaban J connectivity index is 3.28. The van der Waals surface area contributed by atoms with E-state index in [-0.39, 0.29) is 18.6 Å². The molecule has 0 radical (unpaired) electrons. The maximum atomic E-state index is 11.6. The Morgan fingerprint density at radius 3 is 2.21 bits per heavy atom. The quantitative estimate of drug-likeness (QED) is 0.375. The van der Waals surface area contributed by atoms with Gasteiger partial charge in [0.25, 0.3) is 0 Å². The third-order valence-corrected chi connectivity index (χ3v) is 6.63. The van der Waals surface area contributed by atoms with Gasteiger partial charge in [-0.15, -0.1) is 0 Å². The van der Waals surface area contributed by atoms with Crippen LogP contribution < -0.4 is 5.32 Å². The molecular formula is C9H13NO7S2. The largest absolute Gasteiger partial charge is 0.461 e. The summed E-state index contributed by atoms with van der Waals surface area (Å²) in [7, 11) is -7.72. The average Bonchev–Trinajstić information content (AvgIpc) is 2.21. The molecular weight excluding hydrogens is 298 g/mol. The third-order valence-electron chi connectivity index (χ3n) is 2.18. The highest BCUT2D eigenvalue weighted by Crippen LogP contribution is 2.18. The van der Waals surface area contributed by atoms with Crippen LogP contribution >= 0.6 is 0 Å². The summed E-state index contributed by atoms with van der Waals surface area (Å²) in [5, 5.41) is 1.05. The zero-order chi connectivity index (χ0) is 14.7. The summed E-state index contributed by atoms with van der Waals surface area (Å²) in [6.45, 7) is 1.53. The van der Waals surface area contributed by atoms with Crippen molar-refractivity contribution in [2.24, 2.45) is 0 Å². The fourth-order valence-electron chi connectivity index (χ4n) is 1.64. The van der Waals surface area contributed by atoms with Gasteiger partial charge in [-0.2, -0.15) is 0 Å². The summed E-state index contributed by atoms with van der Waals surface area (Å²) < 4.78 is 50.6. The molecule has 8 nitrogen and oxygen atoms in total. The molecule has 0 bridgehead atoms. The Morgan fingerprint density at radius 1 is 1.26 bits per heavy atom. The molecule has 0 aliphatic carbocycles. The molecule has 0 aromatic carbocycles. The molecule has 0 aromatic heterocycles. The van der Waals surface area contributed by atoms with Crippen molar-refractivity contribution >= 4 is 32.1 Å². The summed E-state index contributed by atoms with van der Waals surface area (Å²) in [6.07, 6.45) is 0.160. The molecule has 0 unspecified atom stereocenters. The van der Waals surface area contributed by atoms with E-state index in [0.717, 1.165) is 0 Å². The molecule has 108 valence electrons. The number of carbonyl (C=O) groups excluding carboxylic acids is 2. The van der Waals surface area contributed by atoms with Crippen LogP contribution in [0, 0.1) is 0 Å². The first-order valence-electron chi connectivity index (χ1n) is 5.21. The lowest BCUT2D eigenvalue weighted by Gasteiger charge is -2.18. The van der Waals surface area contributed by atoms with E-state index in [1.165, 1.54) is 6.92 Å². The fraction of sp³-hybridized carbons (Fsp3) is 0.556. The molecule has 1 rings (SSSR count). The Labute approximate surface area is 110 Å². The summed E-state index contributed by atoms with van der Waals surface area (Å²) in [5.74, 6) is -2.15. The number of hydrogen-bond acceptors (Lipinski definition) is 7. The molecule has 1 heterocycles. The van der Waals surface area contributed by atoms with Gasteiger partial charge in [-0.3, -0.25) is 4.79 Å². The van der Waals surface area contributed by atoms with Crippen molar-refractivity contribution in [1.82, 2.24) is 5.32 Å². The fourth-order valence-corrected chi connectivity index (χ4v) is 6.18. The van der Waals surface area contributed by atoms with Gasteiger partial charge in [-0.25, -0.2) is 21.6 Å². The van der Waals surface area contributed by atoms with Gasteiger partial charge in [0.05, 0.1) is 18.1 Å². The second kappa shape index (κ2) is 5.70. The van der Waals surface area contributed by atoms with Gasteiger partial charge < -0.3 is 10.1 Å². The summed E-state index contributed by atoms with van der Waals surface area (Å²) in [6, 6.07) is 0. The number of amides is 1. The molecule has 1 aliphatic heterocycles. The first kappa shape index (κ1) is 15.6. The summed E-state index contributed by atoms with van der Waals surface area (Å²) in [5.41, 5.74) is -0.611. The topological polar surface area (TPSA) is 124 Å². The molecule has 1 N–H and O–H groups in total. The Kier molecular flexibility index (Phi) is 4.69. The van der Waals surface area contributed by atoms with Gasteiger partial charge in [-0.1, -0.05) is 0 Å². The van der Waals surface area contributed by atoms with Crippen LogP contribution in [0.5, 0.6) is 0 Å². The van der Waals surface area contributed by atoms with Crippen molar-refractivity contribution in [3.63, 3.8) is 0 Å². The Morgan fingerprint density at radius 2 is 1.79 bits per heavy atom. The van der Waals surface area contributed by atoms with Gasteiger partial charge >= 0.3 is 5.97 Å². The number of carbonyl (C=O) groups is 2. The predicted octanol–water partition coefficient (Wildman–Crippen LogP) is -1.65. The molecule has 19 heavy (non-hydrogen) atoms. The minimum absolute atomic E-state index is 0.00957. The predicted molar refractivity (Wildman–Crippen MR) is 65.3 cm³/mol. The van der Waals surface area contributed by atoms with E-state index < -0.39 is 47.9 Å². The molecule has 0 atom stereocenters. The second-order valence-corrected chi connectivity index (χ2v) is 8.35. The van der Waals surface area contributed by atoms with E-state index >= 15 is 0 Å². The van der Waals surface area contributed by atoms with Gasteiger partial charge in [0.2, 0.25) is 6.41 Å². The van der Waals surface area contributed by atoms with Crippen molar-refractivity contribution in [3.8, 4) is 0 Å². The van der Waals surface area contributed by atoms with Crippen LogP contribution in [0.3, 0.4) is 0 Å². The number of rotatable bonds is 4.